The Morgan fingerprint density at radius 2 is 2.20 bits per heavy atom. The summed E-state index contributed by atoms with van der Waals surface area (Å²) in [6, 6.07) is 0. The van der Waals surface area contributed by atoms with Gasteiger partial charge >= 0.3 is 5.92 Å². The second-order valence-corrected chi connectivity index (χ2v) is 1.98. The fourth-order valence-corrected chi connectivity index (χ4v) is 0.511. The van der Waals surface area contributed by atoms with Gasteiger partial charge in [-0.1, -0.05) is 0 Å². The van der Waals surface area contributed by atoms with Crippen LogP contribution >= 0.6 is 0 Å². The molecule has 0 atom stereocenters. The van der Waals surface area contributed by atoms with Crippen LogP contribution in [-0.2, 0) is 9.53 Å². The largest absolute Gasteiger partial charge is 0.385 e. The number of halogens is 2. The van der Waals surface area contributed by atoms with E-state index in [1.54, 1.807) is 0 Å². The van der Waals surface area contributed by atoms with Crippen molar-refractivity contribution in [3.63, 3.8) is 0 Å². The molecule has 0 bridgehead atoms. The van der Waals surface area contributed by atoms with Crippen molar-refractivity contribution in [2.75, 3.05) is 13.7 Å². The van der Waals surface area contributed by atoms with Gasteiger partial charge in [0.1, 0.15) is 0 Å². The van der Waals surface area contributed by atoms with Crippen molar-refractivity contribution in [2.24, 2.45) is 0 Å². The minimum absolute atomic E-state index is 0.211. The highest BCUT2D eigenvalue weighted by Crippen LogP contribution is 2.16. The van der Waals surface area contributed by atoms with E-state index in [9.17, 15) is 13.6 Å². The number of hydrogen-bond acceptors (Lipinski definition) is 2. The van der Waals surface area contributed by atoms with Crippen molar-refractivity contribution in [3.8, 4) is 0 Å². The van der Waals surface area contributed by atoms with Crippen LogP contribution in [0, 0.1) is 0 Å². The molecule has 0 saturated carbocycles. The Bertz CT molecular complexity index is 104. The van der Waals surface area contributed by atoms with Crippen LogP contribution in [0.3, 0.4) is 0 Å². The predicted octanol–water partition coefficient (Wildman–Crippen LogP) is 1.25. The number of hydrogen-bond donors (Lipinski definition) is 0. The molecule has 0 aromatic rings. The number of ether oxygens (including phenoxy) is 1. The van der Waals surface area contributed by atoms with Crippen molar-refractivity contribution in [2.45, 2.75) is 18.8 Å². The van der Waals surface area contributed by atoms with Crippen LogP contribution in [0.5, 0.6) is 0 Å². The number of carbonyl (C=O) groups is 1. The average molecular weight is 152 g/mol. The van der Waals surface area contributed by atoms with Gasteiger partial charge in [0.2, 0.25) is 0 Å². The Hall–Kier alpha value is -0.510. The molecule has 0 amide bonds. The minimum Gasteiger partial charge on any atom is -0.385 e. The van der Waals surface area contributed by atoms with Gasteiger partial charge in [-0.05, 0) is 6.42 Å². The molecule has 0 aliphatic heterocycles. The number of carbonyl (C=O) groups excluding carboxylic acids is 1. The molecular formula is C6H10F2O2. The molecule has 10 heavy (non-hydrogen) atoms. The van der Waals surface area contributed by atoms with E-state index in [4.69, 9.17) is 0 Å². The maximum absolute atomic E-state index is 12.1. The maximum Gasteiger partial charge on any atom is 0.302 e. The molecule has 4 heteroatoms. The van der Waals surface area contributed by atoms with Gasteiger partial charge in [0.05, 0.1) is 0 Å². The molecule has 0 saturated heterocycles. The molecule has 0 radical (unpaired) electrons. The molecule has 0 aliphatic rings. The molecule has 0 aromatic heterocycles. The first-order chi connectivity index (χ1) is 4.62. The van der Waals surface area contributed by atoms with Gasteiger partial charge in [-0.15, -0.1) is 0 Å². The van der Waals surface area contributed by atoms with Crippen LogP contribution in [0.2, 0.25) is 0 Å². The zero-order valence-corrected chi connectivity index (χ0v) is 5.77. The molecule has 2 nitrogen and oxygen atoms in total. The lowest BCUT2D eigenvalue weighted by Gasteiger charge is -2.06. The summed E-state index contributed by atoms with van der Waals surface area (Å²) >= 11 is 0. The van der Waals surface area contributed by atoms with Gasteiger partial charge in [-0.3, -0.25) is 4.79 Å². The Labute approximate surface area is 58.2 Å². The van der Waals surface area contributed by atoms with E-state index in [0.29, 0.717) is 0 Å². The number of alkyl halides is 2. The zero-order chi connectivity index (χ0) is 8.04. The molecule has 0 rings (SSSR count). The Morgan fingerprint density at radius 1 is 1.60 bits per heavy atom. The minimum atomic E-state index is -3.17. The van der Waals surface area contributed by atoms with Crippen LogP contribution in [0.1, 0.15) is 12.8 Å². The molecule has 0 spiro atoms. The normalized spacial score (nSPS) is 11.5. The Morgan fingerprint density at radius 3 is 2.60 bits per heavy atom. The van der Waals surface area contributed by atoms with Gasteiger partial charge in [-0.2, -0.15) is 8.78 Å². The van der Waals surface area contributed by atoms with E-state index in [2.05, 4.69) is 4.74 Å². The van der Waals surface area contributed by atoms with Crippen LogP contribution < -0.4 is 0 Å². The number of rotatable bonds is 5. The third-order valence-corrected chi connectivity index (χ3v) is 1.03. The molecule has 0 N–H and O–H groups in total. The summed E-state index contributed by atoms with van der Waals surface area (Å²) in [5, 5.41) is 0. The van der Waals surface area contributed by atoms with Gasteiger partial charge < -0.3 is 4.74 Å². The topological polar surface area (TPSA) is 26.3 Å². The van der Waals surface area contributed by atoms with E-state index < -0.39 is 12.3 Å². The van der Waals surface area contributed by atoms with Crippen molar-refractivity contribution in [3.05, 3.63) is 0 Å². The quantitative estimate of drug-likeness (QED) is 0.437. The zero-order valence-electron chi connectivity index (χ0n) is 5.77. The second-order valence-electron chi connectivity index (χ2n) is 1.98. The van der Waals surface area contributed by atoms with Crippen molar-refractivity contribution in [1.29, 1.82) is 0 Å². The van der Waals surface area contributed by atoms with Crippen LogP contribution in [0.4, 0.5) is 8.78 Å². The summed E-state index contributed by atoms with van der Waals surface area (Å²) in [4.78, 5) is 9.63. The van der Waals surface area contributed by atoms with Crippen molar-refractivity contribution in [1.82, 2.24) is 0 Å². The van der Waals surface area contributed by atoms with Crippen LogP contribution in [0.25, 0.3) is 0 Å². The van der Waals surface area contributed by atoms with Crippen molar-refractivity contribution < 1.29 is 18.3 Å². The predicted molar refractivity (Wildman–Crippen MR) is 32.1 cm³/mol. The number of methoxy groups -OCH3 is 1. The second kappa shape index (κ2) is 4.33. The fourth-order valence-electron chi connectivity index (χ4n) is 0.511. The van der Waals surface area contributed by atoms with Crippen LogP contribution in [-0.4, -0.2) is 25.9 Å². The molecule has 0 aromatic carbocycles. The lowest BCUT2D eigenvalue weighted by atomic mass is 10.2. The van der Waals surface area contributed by atoms with Gasteiger partial charge in [-0.25, -0.2) is 0 Å². The first kappa shape index (κ1) is 9.49. The summed E-state index contributed by atoms with van der Waals surface area (Å²) in [6.45, 7) is 0.267. The van der Waals surface area contributed by atoms with E-state index in [1.165, 1.54) is 7.11 Å². The Balaban J connectivity index is 3.37. The first-order valence-corrected chi connectivity index (χ1v) is 2.95. The van der Waals surface area contributed by atoms with Crippen LogP contribution in [0.15, 0.2) is 0 Å². The highest BCUT2D eigenvalue weighted by Gasteiger charge is 2.26. The molecular weight excluding hydrogens is 142 g/mol. The van der Waals surface area contributed by atoms with E-state index in [0.717, 1.165) is 0 Å². The first-order valence-electron chi connectivity index (χ1n) is 2.95. The Kier molecular flexibility index (Phi) is 4.11. The molecule has 0 aliphatic carbocycles. The molecule has 60 valence electrons. The lowest BCUT2D eigenvalue weighted by molar-refractivity contribution is -0.130. The monoisotopic (exact) mass is 152 g/mol. The average Bonchev–Trinajstić information content (AvgIpc) is 1.89. The number of aldehydes is 1. The SMILES string of the molecule is COCCCC(F)(F)C=O. The van der Waals surface area contributed by atoms with E-state index >= 15 is 0 Å². The summed E-state index contributed by atoms with van der Waals surface area (Å²) < 4.78 is 28.6. The molecule has 0 unspecified atom stereocenters. The molecule has 0 fully saturated rings. The summed E-state index contributed by atoms with van der Waals surface area (Å²) in [6.07, 6.45) is -0.546. The third-order valence-electron chi connectivity index (χ3n) is 1.03. The maximum atomic E-state index is 12.1. The summed E-state index contributed by atoms with van der Waals surface area (Å²) in [5.41, 5.74) is 0. The summed E-state index contributed by atoms with van der Waals surface area (Å²) in [7, 11) is 1.43. The van der Waals surface area contributed by atoms with Gasteiger partial charge in [0, 0.05) is 20.1 Å². The van der Waals surface area contributed by atoms with Crippen molar-refractivity contribution >= 4 is 6.29 Å². The van der Waals surface area contributed by atoms with Gasteiger partial charge in [0.25, 0.3) is 0 Å². The van der Waals surface area contributed by atoms with E-state index in [1.807, 2.05) is 0 Å². The summed E-state index contributed by atoms with van der Waals surface area (Å²) in [5.74, 6) is -3.17. The van der Waals surface area contributed by atoms with E-state index in [-0.39, 0.29) is 19.3 Å². The highest BCUT2D eigenvalue weighted by molar-refractivity contribution is 5.59. The third kappa shape index (κ3) is 4.38. The standard InChI is InChI=1S/C6H10F2O2/c1-10-4-2-3-6(7,8)5-9/h5H,2-4H2,1H3. The smallest absolute Gasteiger partial charge is 0.302 e. The fraction of sp³-hybridized carbons (Fsp3) is 0.833. The van der Waals surface area contributed by atoms with Gasteiger partial charge in [0.15, 0.2) is 6.29 Å². The highest BCUT2D eigenvalue weighted by atomic mass is 19.3. The molecule has 0 heterocycles. The lowest BCUT2D eigenvalue weighted by Crippen LogP contribution is -2.17.